The fraction of sp³-hybridized carbons (Fsp3) is 0.364. The molecule has 2 amide bonds. The Morgan fingerprint density at radius 2 is 2.09 bits per heavy atom. The molecule has 1 N–H and O–H groups in total. The topological polar surface area (TPSA) is 107 Å². The van der Waals surface area contributed by atoms with E-state index >= 15 is 0 Å². The molecule has 2 aromatic heterocycles. The van der Waals surface area contributed by atoms with E-state index in [0.29, 0.717) is 46.3 Å². The lowest BCUT2D eigenvalue weighted by Gasteiger charge is -2.30. The van der Waals surface area contributed by atoms with Gasteiger partial charge in [0.05, 0.1) is 33.7 Å². The zero-order chi connectivity index (χ0) is 23.7. The largest absolute Gasteiger partial charge is 0.478 e. The van der Waals surface area contributed by atoms with E-state index in [-0.39, 0.29) is 31.3 Å². The van der Waals surface area contributed by atoms with Crippen LogP contribution in [0.15, 0.2) is 18.5 Å². The summed E-state index contributed by atoms with van der Waals surface area (Å²) in [6.45, 7) is 1.14. The summed E-state index contributed by atoms with van der Waals surface area (Å²) in [4.78, 5) is 28.0. The van der Waals surface area contributed by atoms with E-state index in [9.17, 15) is 9.59 Å². The van der Waals surface area contributed by atoms with Crippen molar-refractivity contribution in [3.05, 3.63) is 34.2 Å². The summed E-state index contributed by atoms with van der Waals surface area (Å²) in [5.74, 6) is 0.257. The molecule has 9 nitrogen and oxygen atoms in total. The number of nitriles is 1. The van der Waals surface area contributed by atoms with Gasteiger partial charge in [-0.1, -0.05) is 23.2 Å². The Morgan fingerprint density at radius 1 is 1.30 bits per heavy atom. The van der Waals surface area contributed by atoms with Crippen LogP contribution in [0.1, 0.15) is 18.5 Å². The summed E-state index contributed by atoms with van der Waals surface area (Å²) < 4.78 is 7.75. The van der Waals surface area contributed by atoms with Gasteiger partial charge < -0.3 is 19.1 Å². The van der Waals surface area contributed by atoms with Gasteiger partial charge in [-0.05, 0) is 0 Å². The van der Waals surface area contributed by atoms with Crippen LogP contribution in [0.25, 0.3) is 22.0 Å². The predicted molar refractivity (Wildman–Crippen MR) is 124 cm³/mol. The van der Waals surface area contributed by atoms with Gasteiger partial charge in [-0.15, -0.1) is 0 Å². The zero-order valence-corrected chi connectivity index (χ0v) is 19.7. The molecule has 0 saturated carbocycles. The third-order valence-electron chi connectivity index (χ3n) is 5.71. The first-order valence-electron chi connectivity index (χ1n) is 10.3. The molecule has 0 bridgehead atoms. The van der Waals surface area contributed by atoms with E-state index in [4.69, 9.17) is 33.2 Å². The van der Waals surface area contributed by atoms with Crippen molar-refractivity contribution in [2.45, 2.75) is 25.9 Å². The number of rotatable bonds is 6. The van der Waals surface area contributed by atoms with Crippen LogP contribution in [-0.4, -0.2) is 63.6 Å². The van der Waals surface area contributed by atoms with Crippen molar-refractivity contribution in [3.8, 4) is 22.9 Å². The maximum atomic E-state index is 12.9. The Labute approximate surface area is 200 Å². The molecule has 172 valence electrons. The van der Waals surface area contributed by atoms with Crippen molar-refractivity contribution < 1.29 is 14.3 Å². The number of ether oxygens (including phenoxy) is 1. The minimum Gasteiger partial charge on any atom is -0.478 e. The summed E-state index contributed by atoms with van der Waals surface area (Å²) in [6.07, 6.45) is 3.74. The van der Waals surface area contributed by atoms with E-state index in [1.54, 1.807) is 37.5 Å². The van der Waals surface area contributed by atoms with Gasteiger partial charge >= 0.3 is 0 Å². The van der Waals surface area contributed by atoms with E-state index < -0.39 is 0 Å². The number of hydrogen-bond acceptors (Lipinski definition) is 5. The first-order valence-corrected chi connectivity index (χ1v) is 11.1. The monoisotopic (exact) mass is 488 g/mol. The number of carbonyl (C=O) groups is 2. The Morgan fingerprint density at radius 3 is 2.76 bits per heavy atom. The van der Waals surface area contributed by atoms with Crippen LogP contribution in [0.2, 0.25) is 10.0 Å². The number of nitrogens with one attached hydrogen (secondary N) is 1. The van der Waals surface area contributed by atoms with Gasteiger partial charge in [-0.3, -0.25) is 14.7 Å². The second-order valence-electron chi connectivity index (χ2n) is 7.90. The number of halogens is 2. The molecule has 0 saturated heterocycles. The summed E-state index contributed by atoms with van der Waals surface area (Å²) in [6, 6.07) is 3.58. The normalized spacial score (nSPS) is 13.0. The standard InChI is InChI=1S/C22H22Cl2N6O3/c1-28(2)17(31)3-4-18(32)29-6-7-30-15(12-29)19(13-10-26-27-11-13)20-16(33-8-5-25)9-14(23)21(24)22(20)30/h9-11H,3-4,6-8,12H2,1-2H3,(H,26,27). The number of aromatic amines is 1. The molecule has 3 aromatic rings. The second kappa shape index (κ2) is 9.33. The minimum absolute atomic E-state index is 0.0886. The van der Waals surface area contributed by atoms with Gasteiger partial charge in [0.25, 0.3) is 0 Å². The molecule has 1 aliphatic heterocycles. The Bertz CT molecular complexity index is 1260. The highest BCUT2D eigenvalue weighted by Gasteiger charge is 2.31. The molecule has 0 unspecified atom stereocenters. The molecule has 0 aliphatic carbocycles. The number of aromatic nitrogens is 3. The summed E-state index contributed by atoms with van der Waals surface area (Å²) >= 11 is 13.0. The van der Waals surface area contributed by atoms with Crippen LogP contribution < -0.4 is 4.74 Å². The molecule has 0 spiro atoms. The molecule has 0 atom stereocenters. The first kappa shape index (κ1) is 23.0. The van der Waals surface area contributed by atoms with Crippen LogP contribution >= 0.6 is 23.2 Å². The molecule has 1 aromatic carbocycles. The van der Waals surface area contributed by atoms with Crippen molar-refractivity contribution in [1.29, 1.82) is 5.26 Å². The molecule has 3 heterocycles. The highest BCUT2D eigenvalue weighted by molar-refractivity contribution is 6.45. The maximum Gasteiger partial charge on any atom is 0.223 e. The SMILES string of the molecule is CN(C)C(=O)CCC(=O)N1CCn2c(c(-c3cn[nH]c3)c3c(OCC#N)cc(Cl)c(Cl)c32)C1. The number of carbonyl (C=O) groups excluding carboxylic acids is 2. The van der Waals surface area contributed by atoms with Gasteiger partial charge in [0.1, 0.15) is 11.8 Å². The molecule has 11 heteroatoms. The van der Waals surface area contributed by atoms with Gasteiger partial charge in [-0.2, -0.15) is 10.4 Å². The van der Waals surface area contributed by atoms with E-state index in [2.05, 4.69) is 10.2 Å². The fourth-order valence-corrected chi connectivity index (χ4v) is 4.56. The molecule has 33 heavy (non-hydrogen) atoms. The van der Waals surface area contributed by atoms with Gasteiger partial charge in [0, 0.05) is 69.1 Å². The molecular weight excluding hydrogens is 467 g/mol. The van der Waals surface area contributed by atoms with Crippen molar-refractivity contribution in [1.82, 2.24) is 24.6 Å². The van der Waals surface area contributed by atoms with Crippen LogP contribution in [-0.2, 0) is 22.7 Å². The van der Waals surface area contributed by atoms with Gasteiger partial charge in [-0.25, -0.2) is 0 Å². The number of benzene rings is 1. The Balaban J connectivity index is 1.80. The smallest absolute Gasteiger partial charge is 0.223 e. The van der Waals surface area contributed by atoms with Crippen molar-refractivity contribution in [2.24, 2.45) is 0 Å². The van der Waals surface area contributed by atoms with Crippen LogP contribution in [0.4, 0.5) is 0 Å². The van der Waals surface area contributed by atoms with Gasteiger partial charge in [0.15, 0.2) is 6.61 Å². The zero-order valence-electron chi connectivity index (χ0n) is 18.2. The first-order chi connectivity index (χ1) is 15.8. The van der Waals surface area contributed by atoms with Crippen LogP contribution in [0, 0.1) is 11.3 Å². The number of amides is 2. The lowest BCUT2D eigenvalue weighted by Crippen LogP contribution is -2.38. The number of nitrogens with zero attached hydrogens (tertiary/aromatic N) is 5. The number of hydrogen-bond donors (Lipinski definition) is 1. The molecule has 4 rings (SSSR count). The van der Waals surface area contributed by atoms with Crippen molar-refractivity contribution >= 4 is 45.9 Å². The molecule has 0 fully saturated rings. The lowest BCUT2D eigenvalue weighted by atomic mass is 10.0. The van der Waals surface area contributed by atoms with Crippen molar-refractivity contribution in [3.63, 3.8) is 0 Å². The fourth-order valence-electron chi connectivity index (χ4n) is 4.12. The second-order valence-corrected chi connectivity index (χ2v) is 8.69. The van der Waals surface area contributed by atoms with Crippen LogP contribution in [0.5, 0.6) is 5.75 Å². The Kier molecular flexibility index (Phi) is 6.49. The highest BCUT2D eigenvalue weighted by Crippen LogP contribution is 2.47. The third kappa shape index (κ3) is 4.24. The summed E-state index contributed by atoms with van der Waals surface area (Å²) in [5, 5.41) is 17.3. The predicted octanol–water partition coefficient (Wildman–Crippen LogP) is 3.45. The summed E-state index contributed by atoms with van der Waals surface area (Å²) in [7, 11) is 3.34. The minimum atomic E-state index is -0.150. The molecule has 1 aliphatic rings. The molecular formula is C22H22Cl2N6O3. The Hall–Kier alpha value is -3.22. The van der Waals surface area contributed by atoms with Crippen molar-refractivity contribution in [2.75, 3.05) is 27.2 Å². The van der Waals surface area contributed by atoms with Gasteiger partial charge in [0.2, 0.25) is 11.8 Å². The quantitative estimate of drug-likeness (QED) is 0.571. The maximum absolute atomic E-state index is 12.9. The number of H-pyrrole nitrogens is 1. The van der Waals surface area contributed by atoms with E-state index in [1.807, 2.05) is 10.6 Å². The average molecular weight is 489 g/mol. The number of fused-ring (bicyclic) bond motifs is 3. The summed E-state index contributed by atoms with van der Waals surface area (Å²) in [5.41, 5.74) is 3.16. The average Bonchev–Trinajstić information content (AvgIpc) is 3.44. The molecule has 0 radical (unpaired) electrons. The van der Waals surface area contributed by atoms with E-state index in [1.165, 1.54) is 4.90 Å². The highest BCUT2D eigenvalue weighted by atomic mass is 35.5. The van der Waals surface area contributed by atoms with E-state index in [0.717, 1.165) is 16.8 Å². The lowest BCUT2D eigenvalue weighted by molar-refractivity contribution is -0.136. The third-order valence-corrected chi connectivity index (χ3v) is 6.49. The van der Waals surface area contributed by atoms with Crippen LogP contribution in [0.3, 0.4) is 0 Å².